The number of nitrogens with zero attached hydrogens (tertiary/aromatic N) is 2. The lowest BCUT2D eigenvalue weighted by atomic mass is 9.81. The molecule has 11 rings (SSSR count). The first-order chi connectivity index (χ1) is 29.0. The maximum absolute atomic E-state index is 5.28. The molecule has 0 atom stereocenters. The molecule has 2 nitrogen and oxygen atoms in total. The molecule has 1 aliphatic carbocycles. The van der Waals surface area contributed by atoms with Gasteiger partial charge >= 0.3 is 0 Å². The molecule has 0 N–H and O–H groups in total. The van der Waals surface area contributed by atoms with E-state index in [0.717, 1.165) is 33.5 Å². The van der Waals surface area contributed by atoms with Crippen LogP contribution in [0, 0.1) is 0 Å². The van der Waals surface area contributed by atoms with Crippen molar-refractivity contribution in [2.24, 2.45) is 0 Å². The summed E-state index contributed by atoms with van der Waals surface area (Å²) in [5.74, 6) is 0.707. The van der Waals surface area contributed by atoms with Crippen LogP contribution in [0.25, 0.3) is 100.0 Å². The van der Waals surface area contributed by atoms with Crippen LogP contribution >= 0.6 is 0 Å². The first kappa shape index (κ1) is 34.8. The van der Waals surface area contributed by atoms with Crippen molar-refractivity contribution in [2.75, 3.05) is 0 Å². The molecule has 1 aromatic heterocycles. The van der Waals surface area contributed by atoms with E-state index in [-0.39, 0.29) is 5.41 Å². The number of aromatic nitrogens is 2. The Morgan fingerprint density at radius 2 is 0.831 bits per heavy atom. The van der Waals surface area contributed by atoms with Gasteiger partial charge in [0.05, 0.1) is 11.4 Å². The smallest absolute Gasteiger partial charge is 0.161 e. The molecule has 0 saturated heterocycles. The van der Waals surface area contributed by atoms with E-state index in [1.54, 1.807) is 0 Å². The molecule has 0 spiro atoms. The summed E-state index contributed by atoms with van der Waals surface area (Å²) in [7, 11) is 0. The first-order valence-electron chi connectivity index (χ1n) is 20.4. The van der Waals surface area contributed by atoms with Crippen molar-refractivity contribution in [3.63, 3.8) is 0 Å². The largest absolute Gasteiger partial charge is 0.228 e. The molecule has 0 bridgehead atoms. The van der Waals surface area contributed by atoms with E-state index in [1.807, 2.05) is 6.07 Å². The van der Waals surface area contributed by atoms with Gasteiger partial charge in [0, 0.05) is 22.1 Å². The molecular weight excluding hydrogens is 713 g/mol. The summed E-state index contributed by atoms with van der Waals surface area (Å²) in [4.78, 5) is 10.5. The van der Waals surface area contributed by atoms with Gasteiger partial charge in [-0.15, -0.1) is 0 Å². The van der Waals surface area contributed by atoms with Crippen LogP contribution < -0.4 is 0 Å². The van der Waals surface area contributed by atoms with Crippen LogP contribution in [-0.2, 0) is 5.41 Å². The summed E-state index contributed by atoms with van der Waals surface area (Å²) in [5.41, 5.74) is 17.5. The fraction of sp³-hybridized carbons (Fsp3) is 0.0526. The van der Waals surface area contributed by atoms with Crippen molar-refractivity contribution >= 4 is 21.5 Å². The molecule has 2 heteroatoms. The molecule has 278 valence electrons. The zero-order valence-electron chi connectivity index (χ0n) is 33.0. The van der Waals surface area contributed by atoms with E-state index in [2.05, 4.69) is 214 Å². The van der Waals surface area contributed by atoms with Gasteiger partial charge in [0.1, 0.15) is 0 Å². The SMILES string of the molecule is CC1(C)c2cccc(-c3cccc(-c4ccc(-c5nc(-c6ccccc6)cc(-c6ccc(-c7ccccc7)cc6)n5)c5ccccc45)c3)c2-c2c1ccc1ccccc21. The molecule has 9 aromatic carbocycles. The predicted octanol–water partition coefficient (Wildman–Crippen LogP) is 15.1. The lowest BCUT2D eigenvalue weighted by Gasteiger charge is -2.21. The Bertz CT molecular complexity index is 3220. The summed E-state index contributed by atoms with van der Waals surface area (Å²) in [6.45, 7) is 4.73. The van der Waals surface area contributed by atoms with Gasteiger partial charge in [-0.2, -0.15) is 0 Å². The second-order valence-corrected chi connectivity index (χ2v) is 16.1. The molecule has 0 saturated carbocycles. The van der Waals surface area contributed by atoms with Crippen LogP contribution in [0.1, 0.15) is 25.0 Å². The molecule has 59 heavy (non-hydrogen) atoms. The number of rotatable bonds is 6. The van der Waals surface area contributed by atoms with Gasteiger partial charge in [-0.1, -0.05) is 202 Å². The second-order valence-electron chi connectivity index (χ2n) is 16.1. The highest BCUT2D eigenvalue weighted by atomic mass is 14.9. The molecule has 1 aliphatic rings. The molecule has 0 radical (unpaired) electrons. The van der Waals surface area contributed by atoms with Crippen molar-refractivity contribution in [1.82, 2.24) is 9.97 Å². The summed E-state index contributed by atoms with van der Waals surface area (Å²) in [6, 6.07) is 74.2. The van der Waals surface area contributed by atoms with E-state index < -0.39 is 0 Å². The number of fused-ring (bicyclic) bond motifs is 6. The molecule has 10 aromatic rings. The van der Waals surface area contributed by atoms with Crippen LogP contribution in [0.5, 0.6) is 0 Å². The molecule has 0 unspecified atom stereocenters. The molecule has 0 aliphatic heterocycles. The third-order valence-corrected chi connectivity index (χ3v) is 12.3. The van der Waals surface area contributed by atoms with Crippen molar-refractivity contribution in [3.05, 3.63) is 217 Å². The maximum atomic E-state index is 5.28. The summed E-state index contributed by atoms with van der Waals surface area (Å²) < 4.78 is 0. The zero-order valence-corrected chi connectivity index (χ0v) is 33.0. The van der Waals surface area contributed by atoms with Crippen molar-refractivity contribution in [3.8, 4) is 78.4 Å². The third-order valence-electron chi connectivity index (χ3n) is 12.3. The zero-order chi connectivity index (χ0) is 39.5. The number of hydrogen-bond acceptors (Lipinski definition) is 2. The van der Waals surface area contributed by atoms with Crippen molar-refractivity contribution < 1.29 is 0 Å². The molecule has 0 fully saturated rings. The normalized spacial score (nSPS) is 12.7. The highest BCUT2D eigenvalue weighted by molar-refractivity contribution is 6.08. The lowest BCUT2D eigenvalue weighted by Crippen LogP contribution is -2.14. The Morgan fingerprint density at radius 3 is 1.56 bits per heavy atom. The fourth-order valence-electron chi connectivity index (χ4n) is 9.33. The fourth-order valence-corrected chi connectivity index (χ4v) is 9.33. The van der Waals surface area contributed by atoms with Crippen LogP contribution in [0.15, 0.2) is 206 Å². The molecule has 1 heterocycles. The first-order valence-corrected chi connectivity index (χ1v) is 20.4. The minimum Gasteiger partial charge on any atom is -0.228 e. The highest BCUT2D eigenvalue weighted by Crippen LogP contribution is 2.54. The average Bonchev–Trinajstić information content (AvgIpc) is 3.55. The van der Waals surface area contributed by atoms with E-state index >= 15 is 0 Å². The van der Waals surface area contributed by atoms with Crippen molar-refractivity contribution in [2.45, 2.75) is 19.3 Å². The topological polar surface area (TPSA) is 25.8 Å². The second kappa shape index (κ2) is 13.9. The Balaban J connectivity index is 1.04. The van der Waals surface area contributed by atoms with E-state index in [9.17, 15) is 0 Å². The molecular formula is C57H40N2. The lowest BCUT2D eigenvalue weighted by molar-refractivity contribution is 0.661. The minimum atomic E-state index is -0.0975. The number of hydrogen-bond donors (Lipinski definition) is 0. The van der Waals surface area contributed by atoms with Gasteiger partial charge in [0.2, 0.25) is 0 Å². The number of benzene rings is 9. The average molecular weight is 753 g/mol. The Hall–Kier alpha value is -7.42. The summed E-state index contributed by atoms with van der Waals surface area (Å²) in [5, 5.41) is 4.87. The minimum absolute atomic E-state index is 0.0975. The van der Waals surface area contributed by atoms with Crippen molar-refractivity contribution in [1.29, 1.82) is 0 Å². The Kier molecular flexibility index (Phi) is 8.20. The standard InChI is InChI=1S/C57H40N2/c1-57(2)50-26-14-25-46(55(50)54-45-22-10-9-17-39(45)31-34-51(54)57)43-21-13-20-42(35-43)44-32-33-49(48-24-12-11-23-47(44)48)56-58-52(40-18-7-4-8-19-40)36-53(59-56)41-29-27-38(28-30-41)37-15-5-3-6-16-37/h3-36H,1-2H3. The van der Waals surface area contributed by atoms with Gasteiger partial charge in [-0.3, -0.25) is 0 Å². The van der Waals surface area contributed by atoms with E-state index in [4.69, 9.17) is 9.97 Å². The Morgan fingerprint density at radius 1 is 0.322 bits per heavy atom. The monoisotopic (exact) mass is 752 g/mol. The predicted molar refractivity (Wildman–Crippen MR) is 247 cm³/mol. The Labute approximate surface area is 345 Å². The van der Waals surface area contributed by atoms with Crippen LogP contribution in [0.4, 0.5) is 0 Å². The quantitative estimate of drug-likeness (QED) is 0.169. The van der Waals surface area contributed by atoms with Gasteiger partial charge in [0.25, 0.3) is 0 Å². The van der Waals surface area contributed by atoms with Gasteiger partial charge in [0.15, 0.2) is 5.82 Å². The molecule has 0 amide bonds. The summed E-state index contributed by atoms with van der Waals surface area (Å²) in [6.07, 6.45) is 0. The van der Waals surface area contributed by atoms with Crippen LogP contribution in [0.3, 0.4) is 0 Å². The summed E-state index contributed by atoms with van der Waals surface area (Å²) >= 11 is 0. The van der Waals surface area contributed by atoms with Gasteiger partial charge in [-0.25, -0.2) is 9.97 Å². The highest BCUT2D eigenvalue weighted by Gasteiger charge is 2.37. The van der Waals surface area contributed by atoms with Crippen LogP contribution in [-0.4, -0.2) is 9.97 Å². The van der Waals surface area contributed by atoms with Crippen LogP contribution in [0.2, 0.25) is 0 Å². The third kappa shape index (κ3) is 5.87. The van der Waals surface area contributed by atoms with Gasteiger partial charge in [-0.05, 0) is 95.4 Å². The van der Waals surface area contributed by atoms with E-state index in [0.29, 0.717) is 5.82 Å². The van der Waals surface area contributed by atoms with Gasteiger partial charge < -0.3 is 0 Å². The maximum Gasteiger partial charge on any atom is 0.161 e. The van der Waals surface area contributed by atoms with E-state index in [1.165, 1.54) is 71.8 Å².